The molecule has 4 nitrogen and oxygen atoms in total. The Labute approximate surface area is 96.0 Å². The number of H-pyrrole nitrogens is 1. The van der Waals surface area contributed by atoms with Crippen molar-refractivity contribution in [1.29, 1.82) is 0 Å². The van der Waals surface area contributed by atoms with Crippen LogP contribution in [0.2, 0.25) is 0 Å². The van der Waals surface area contributed by atoms with Crippen molar-refractivity contribution >= 4 is 50.7 Å². The topological polar surface area (TPSA) is 66.0 Å². The van der Waals surface area contributed by atoms with E-state index in [-0.39, 0.29) is 10.3 Å². The van der Waals surface area contributed by atoms with E-state index < -0.39 is 15.2 Å². The molecule has 1 rings (SSSR count). The van der Waals surface area contributed by atoms with Gasteiger partial charge < -0.3 is 10.1 Å². The molecule has 1 aromatic heterocycles. The van der Waals surface area contributed by atoms with Crippen molar-refractivity contribution in [2.75, 3.05) is 0 Å². The first-order chi connectivity index (χ1) is 5.82. The Morgan fingerprint density at radius 1 is 1.46 bits per heavy atom. The molecule has 13 heavy (non-hydrogen) atoms. The molecule has 8 heteroatoms. The van der Waals surface area contributed by atoms with Crippen LogP contribution in [-0.2, 0) is 3.79 Å². The molecular formula is C5H2BrCl3N2O2. The van der Waals surface area contributed by atoms with Crippen LogP contribution in [0, 0.1) is 0 Å². The van der Waals surface area contributed by atoms with Gasteiger partial charge in [0.25, 0.3) is 5.56 Å². The summed E-state index contributed by atoms with van der Waals surface area (Å²) in [6.07, 6.45) is 0. The van der Waals surface area contributed by atoms with Crippen LogP contribution < -0.4 is 5.56 Å². The highest BCUT2D eigenvalue weighted by atomic mass is 79.9. The smallest absolute Gasteiger partial charge is 0.269 e. The maximum Gasteiger partial charge on any atom is 0.269 e. The normalized spacial score (nSPS) is 11.7. The molecule has 2 N–H and O–H groups in total. The number of aromatic hydroxyl groups is 1. The van der Waals surface area contributed by atoms with Gasteiger partial charge in [-0.15, -0.1) is 0 Å². The molecule has 0 amide bonds. The standard InChI is InChI=1S/C5H2BrCl3N2O2/c6-1-2(12)10-4(5(7,8)9)11-3(1)13/h(H2,10,11,12,13). The van der Waals surface area contributed by atoms with Crippen molar-refractivity contribution < 1.29 is 5.11 Å². The molecule has 0 aliphatic rings. The first-order valence-electron chi connectivity index (χ1n) is 2.88. The molecule has 1 heterocycles. The quantitative estimate of drug-likeness (QED) is 0.721. The number of nitrogens with one attached hydrogen (secondary N) is 1. The van der Waals surface area contributed by atoms with E-state index in [0.717, 1.165) is 0 Å². The lowest BCUT2D eigenvalue weighted by Gasteiger charge is -2.09. The zero-order chi connectivity index (χ0) is 10.2. The third kappa shape index (κ3) is 2.49. The minimum Gasteiger partial charge on any atom is -0.492 e. The van der Waals surface area contributed by atoms with Crippen LogP contribution in [-0.4, -0.2) is 15.1 Å². The first-order valence-corrected chi connectivity index (χ1v) is 4.81. The highest BCUT2D eigenvalue weighted by Crippen LogP contribution is 2.36. The number of hydrogen-bond donors (Lipinski definition) is 2. The van der Waals surface area contributed by atoms with Gasteiger partial charge in [0.15, 0.2) is 5.82 Å². The molecule has 0 aliphatic carbocycles. The monoisotopic (exact) mass is 306 g/mol. The number of aromatic nitrogens is 2. The number of halogens is 4. The maximum absolute atomic E-state index is 11.0. The second kappa shape index (κ2) is 3.65. The minimum absolute atomic E-state index is 0.106. The number of nitrogens with zero attached hydrogens (tertiary/aromatic N) is 1. The summed E-state index contributed by atoms with van der Waals surface area (Å²) >= 11 is 19.1. The summed E-state index contributed by atoms with van der Waals surface area (Å²) in [6.45, 7) is 0. The van der Waals surface area contributed by atoms with Crippen LogP contribution in [0.15, 0.2) is 9.27 Å². The van der Waals surface area contributed by atoms with E-state index in [1.54, 1.807) is 0 Å². The van der Waals surface area contributed by atoms with Crippen molar-refractivity contribution in [3.05, 3.63) is 20.7 Å². The lowest BCUT2D eigenvalue weighted by Crippen LogP contribution is -2.17. The Morgan fingerprint density at radius 2 is 2.00 bits per heavy atom. The summed E-state index contributed by atoms with van der Waals surface area (Å²) in [6, 6.07) is 0. The highest BCUT2D eigenvalue weighted by molar-refractivity contribution is 9.10. The summed E-state index contributed by atoms with van der Waals surface area (Å²) in [4.78, 5) is 16.7. The Bertz CT molecular complexity index is 386. The molecule has 0 aromatic carbocycles. The largest absolute Gasteiger partial charge is 0.492 e. The summed E-state index contributed by atoms with van der Waals surface area (Å²) in [5.74, 6) is -0.756. The van der Waals surface area contributed by atoms with E-state index in [1.807, 2.05) is 0 Å². The van der Waals surface area contributed by atoms with Crippen molar-refractivity contribution in [3.8, 4) is 5.88 Å². The van der Waals surface area contributed by atoms with Gasteiger partial charge in [-0.1, -0.05) is 34.8 Å². The van der Waals surface area contributed by atoms with Crippen LogP contribution >= 0.6 is 50.7 Å². The summed E-state index contributed by atoms with van der Waals surface area (Å²) in [5.41, 5.74) is -0.617. The molecule has 0 spiro atoms. The van der Waals surface area contributed by atoms with E-state index in [0.29, 0.717) is 0 Å². The zero-order valence-electron chi connectivity index (χ0n) is 5.81. The first kappa shape index (κ1) is 11.1. The van der Waals surface area contributed by atoms with E-state index >= 15 is 0 Å². The van der Waals surface area contributed by atoms with Gasteiger partial charge in [0.2, 0.25) is 9.67 Å². The predicted octanol–water partition coefficient (Wildman–Crippen LogP) is 2.06. The average molecular weight is 308 g/mol. The van der Waals surface area contributed by atoms with Gasteiger partial charge in [-0.25, -0.2) is 0 Å². The van der Waals surface area contributed by atoms with Crippen molar-refractivity contribution in [2.24, 2.45) is 0 Å². The summed E-state index contributed by atoms with van der Waals surface area (Å²) < 4.78 is -1.97. The van der Waals surface area contributed by atoms with Crippen LogP contribution in [0.5, 0.6) is 5.88 Å². The van der Waals surface area contributed by atoms with Crippen LogP contribution in [0.3, 0.4) is 0 Å². The predicted molar refractivity (Wildman–Crippen MR) is 53.5 cm³/mol. The highest BCUT2D eigenvalue weighted by Gasteiger charge is 2.27. The lowest BCUT2D eigenvalue weighted by atomic mass is 10.5. The molecule has 0 unspecified atom stereocenters. The van der Waals surface area contributed by atoms with Gasteiger partial charge in [0.1, 0.15) is 4.47 Å². The van der Waals surface area contributed by atoms with Gasteiger partial charge in [-0.2, -0.15) is 4.98 Å². The maximum atomic E-state index is 11.0. The molecular weight excluding hydrogens is 306 g/mol. The number of rotatable bonds is 0. The molecule has 1 aromatic rings. The Morgan fingerprint density at radius 3 is 2.38 bits per heavy atom. The second-order valence-electron chi connectivity index (χ2n) is 2.05. The van der Waals surface area contributed by atoms with Gasteiger partial charge >= 0.3 is 0 Å². The van der Waals surface area contributed by atoms with Gasteiger partial charge in [-0.3, -0.25) is 4.79 Å². The second-order valence-corrected chi connectivity index (χ2v) is 5.12. The van der Waals surface area contributed by atoms with E-state index in [4.69, 9.17) is 39.9 Å². The average Bonchev–Trinajstić information content (AvgIpc) is 1.97. The van der Waals surface area contributed by atoms with Gasteiger partial charge in [0, 0.05) is 0 Å². The summed E-state index contributed by atoms with van der Waals surface area (Å²) in [7, 11) is 0. The fourth-order valence-corrected chi connectivity index (χ4v) is 1.04. The molecule has 0 radical (unpaired) electrons. The Hall–Kier alpha value is 0.0300. The van der Waals surface area contributed by atoms with Gasteiger partial charge in [0.05, 0.1) is 0 Å². The fraction of sp³-hybridized carbons (Fsp3) is 0.200. The number of alkyl halides is 3. The molecule has 0 fully saturated rings. The van der Waals surface area contributed by atoms with E-state index in [1.165, 1.54) is 0 Å². The molecule has 0 atom stereocenters. The van der Waals surface area contributed by atoms with Crippen molar-refractivity contribution in [2.45, 2.75) is 3.79 Å². The minimum atomic E-state index is -1.86. The molecule has 0 bridgehead atoms. The van der Waals surface area contributed by atoms with Crippen molar-refractivity contribution in [1.82, 2.24) is 9.97 Å². The molecule has 72 valence electrons. The Kier molecular flexibility index (Phi) is 3.12. The molecule has 0 saturated carbocycles. The van der Waals surface area contributed by atoms with Crippen molar-refractivity contribution in [3.63, 3.8) is 0 Å². The molecule has 0 aliphatic heterocycles. The Balaban J connectivity index is 3.38. The van der Waals surface area contributed by atoms with Crippen LogP contribution in [0.1, 0.15) is 5.82 Å². The fourth-order valence-electron chi connectivity index (χ4n) is 0.581. The lowest BCUT2D eigenvalue weighted by molar-refractivity contribution is 0.444. The third-order valence-electron chi connectivity index (χ3n) is 1.11. The zero-order valence-corrected chi connectivity index (χ0v) is 9.67. The van der Waals surface area contributed by atoms with Crippen LogP contribution in [0.4, 0.5) is 0 Å². The summed E-state index contributed by atoms with van der Waals surface area (Å²) in [5, 5.41) is 9.09. The number of aromatic amines is 1. The SMILES string of the molecule is O=c1[nH]c(C(Cl)(Cl)Cl)nc(O)c1Br. The molecule has 0 saturated heterocycles. The third-order valence-corrected chi connectivity index (χ3v) is 2.37. The van der Waals surface area contributed by atoms with E-state index in [2.05, 4.69) is 25.9 Å². The van der Waals surface area contributed by atoms with Crippen LogP contribution in [0.25, 0.3) is 0 Å². The van der Waals surface area contributed by atoms with Gasteiger partial charge in [-0.05, 0) is 15.9 Å². The van der Waals surface area contributed by atoms with E-state index in [9.17, 15) is 4.79 Å². The number of hydrogen-bond acceptors (Lipinski definition) is 3.